The number of fused-ring (bicyclic) bond motifs is 1. The minimum atomic E-state index is 0.458. The van der Waals surface area contributed by atoms with Gasteiger partial charge in [0.05, 0.1) is 10.2 Å². The molecule has 0 spiro atoms. The van der Waals surface area contributed by atoms with Crippen LogP contribution in [0.25, 0.3) is 10.2 Å². The molecule has 3 aromatic rings. The lowest BCUT2D eigenvalue weighted by Gasteiger charge is -2.09. The topological polar surface area (TPSA) is 114 Å². The third-order valence-corrected chi connectivity index (χ3v) is 4.43. The highest BCUT2D eigenvalue weighted by atomic mass is 32.1. The predicted molar refractivity (Wildman–Crippen MR) is 92.5 cm³/mol. The van der Waals surface area contributed by atoms with Crippen LogP contribution in [0.15, 0.2) is 29.9 Å². The molecule has 0 aliphatic rings. The number of hydrogen-bond donors (Lipinski definition) is 4. The van der Waals surface area contributed by atoms with Crippen LogP contribution in [-0.2, 0) is 6.54 Å². The van der Waals surface area contributed by atoms with Gasteiger partial charge in [0.25, 0.3) is 0 Å². The molecule has 0 atom stereocenters. The zero-order chi connectivity index (χ0) is 15.7. The van der Waals surface area contributed by atoms with E-state index in [9.17, 15) is 0 Å². The lowest BCUT2D eigenvalue weighted by atomic mass is 10.1. The number of rotatable bonds is 4. The number of anilines is 3. The molecule has 1 aromatic carbocycles. The van der Waals surface area contributed by atoms with Gasteiger partial charge in [0.15, 0.2) is 0 Å². The van der Waals surface area contributed by atoms with Gasteiger partial charge in [-0.15, -0.1) is 11.3 Å². The van der Waals surface area contributed by atoms with E-state index in [1.54, 1.807) is 18.3 Å². The fourth-order valence-electron chi connectivity index (χ4n) is 2.26. The average molecular weight is 312 g/mol. The summed E-state index contributed by atoms with van der Waals surface area (Å²) in [5.41, 5.74) is 16.5. The van der Waals surface area contributed by atoms with Gasteiger partial charge in [0.2, 0.25) is 0 Å². The zero-order valence-corrected chi connectivity index (χ0v) is 12.9. The summed E-state index contributed by atoms with van der Waals surface area (Å²) in [7, 11) is 0. The second kappa shape index (κ2) is 5.61. The molecule has 0 saturated heterocycles. The molecular weight excluding hydrogens is 296 g/mol. The third-order valence-electron chi connectivity index (χ3n) is 3.39. The van der Waals surface area contributed by atoms with Crippen LogP contribution >= 0.6 is 11.3 Å². The Morgan fingerprint density at radius 3 is 2.86 bits per heavy atom. The van der Waals surface area contributed by atoms with Crippen molar-refractivity contribution in [2.75, 3.05) is 16.8 Å². The number of thiophene rings is 1. The molecule has 2 heterocycles. The van der Waals surface area contributed by atoms with E-state index in [2.05, 4.69) is 15.3 Å². The molecule has 0 saturated carbocycles. The van der Waals surface area contributed by atoms with Crippen molar-refractivity contribution in [3.8, 4) is 0 Å². The van der Waals surface area contributed by atoms with Gasteiger partial charge in [0.1, 0.15) is 12.1 Å². The van der Waals surface area contributed by atoms with Crippen LogP contribution in [0.3, 0.4) is 0 Å². The van der Waals surface area contributed by atoms with E-state index < -0.39 is 0 Å². The maximum atomic E-state index is 7.65. The minimum Gasteiger partial charge on any atom is -0.398 e. The number of hydrogen-bond acceptors (Lipinski definition) is 7. The van der Waals surface area contributed by atoms with E-state index in [-0.39, 0.29) is 0 Å². The first-order valence-corrected chi connectivity index (χ1v) is 7.59. The van der Waals surface area contributed by atoms with Gasteiger partial charge < -0.3 is 22.2 Å². The van der Waals surface area contributed by atoms with E-state index in [0.717, 1.165) is 27.0 Å². The number of nitrogens with two attached hydrogens (primary N) is 2. The smallest absolute Gasteiger partial charge is 0.144 e. The second-order valence-corrected chi connectivity index (χ2v) is 5.86. The first-order valence-electron chi connectivity index (χ1n) is 6.71. The van der Waals surface area contributed by atoms with Crippen LogP contribution in [0.1, 0.15) is 18.1 Å². The SMILES string of the molecule is CC(=N)c1ccc(NCc2csc3c(N)ncnc23)cc1N. The summed E-state index contributed by atoms with van der Waals surface area (Å²) < 4.78 is 0.911. The first-order chi connectivity index (χ1) is 10.6. The number of nitrogen functional groups attached to an aromatic ring is 2. The highest BCUT2D eigenvalue weighted by Crippen LogP contribution is 2.28. The van der Waals surface area contributed by atoms with Gasteiger partial charge in [-0.2, -0.15) is 0 Å². The zero-order valence-electron chi connectivity index (χ0n) is 12.1. The molecule has 22 heavy (non-hydrogen) atoms. The molecule has 112 valence electrons. The molecule has 0 radical (unpaired) electrons. The summed E-state index contributed by atoms with van der Waals surface area (Å²) in [6.07, 6.45) is 1.48. The maximum Gasteiger partial charge on any atom is 0.144 e. The van der Waals surface area contributed by atoms with E-state index in [4.69, 9.17) is 16.9 Å². The Balaban J connectivity index is 1.81. The highest BCUT2D eigenvalue weighted by Gasteiger charge is 2.09. The van der Waals surface area contributed by atoms with Gasteiger partial charge in [0, 0.05) is 34.8 Å². The summed E-state index contributed by atoms with van der Waals surface area (Å²) in [5, 5.41) is 13.0. The van der Waals surface area contributed by atoms with E-state index >= 15 is 0 Å². The van der Waals surface area contributed by atoms with Crippen molar-refractivity contribution in [1.29, 1.82) is 5.41 Å². The Labute approximate surface area is 131 Å². The summed E-state index contributed by atoms with van der Waals surface area (Å²) >= 11 is 1.54. The molecule has 0 fully saturated rings. The summed E-state index contributed by atoms with van der Waals surface area (Å²) in [4.78, 5) is 8.29. The normalized spacial score (nSPS) is 10.8. The lowest BCUT2D eigenvalue weighted by molar-refractivity contribution is 1.15. The average Bonchev–Trinajstić information content (AvgIpc) is 2.89. The number of nitrogens with one attached hydrogen (secondary N) is 2. The highest BCUT2D eigenvalue weighted by molar-refractivity contribution is 7.17. The van der Waals surface area contributed by atoms with Crippen LogP contribution < -0.4 is 16.8 Å². The van der Waals surface area contributed by atoms with E-state index in [1.807, 2.05) is 23.6 Å². The fraction of sp³-hybridized carbons (Fsp3) is 0.133. The van der Waals surface area contributed by atoms with Crippen molar-refractivity contribution in [3.05, 3.63) is 41.0 Å². The van der Waals surface area contributed by atoms with E-state index in [0.29, 0.717) is 23.8 Å². The molecule has 0 aliphatic carbocycles. The van der Waals surface area contributed by atoms with Crippen molar-refractivity contribution in [2.45, 2.75) is 13.5 Å². The fourth-order valence-corrected chi connectivity index (χ4v) is 3.18. The van der Waals surface area contributed by atoms with Gasteiger partial charge >= 0.3 is 0 Å². The standard InChI is InChI=1S/C15H16N6S/c1-8(16)11-3-2-10(4-12(11)17)19-5-9-6-22-14-13(9)20-7-21-15(14)18/h2-4,6-7,16,19H,5,17H2,1H3,(H2,18,20,21). The van der Waals surface area contributed by atoms with E-state index in [1.165, 1.54) is 6.33 Å². The molecule has 6 N–H and O–H groups in total. The third kappa shape index (κ3) is 2.58. The van der Waals surface area contributed by atoms with Crippen molar-refractivity contribution in [2.24, 2.45) is 0 Å². The van der Waals surface area contributed by atoms with Crippen molar-refractivity contribution in [1.82, 2.24) is 9.97 Å². The van der Waals surface area contributed by atoms with Gasteiger partial charge in [-0.25, -0.2) is 9.97 Å². The molecule has 0 aliphatic heterocycles. The number of nitrogens with zero attached hydrogens (tertiary/aromatic N) is 2. The first kappa shape index (κ1) is 14.3. The van der Waals surface area contributed by atoms with Gasteiger partial charge in [-0.3, -0.25) is 0 Å². The summed E-state index contributed by atoms with van der Waals surface area (Å²) in [5.74, 6) is 0.510. The number of benzene rings is 1. The van der Waals surface area contributed by atoms with Crippen molar-refractivity contribution >= 4 is 44.5 Å². The summed E-state index contributed by atoms with van der Waals surface area (Å²) in [6.45, 7) is 2.35. The molecule has 7 heteroatoms. The molecule has 0 unspecified atom stereocenters. The quantitative estimate of drug-likeness (QED) is 0.437. The Morgan fingerprint density at radius 1 is 1.32 bits per heavy atom. The summed E-state index contributed by atoms with van der Waals surface area (Å²) in [6, 6.07) is 5.61. The molecule has 2 aromatic heterocycles. The Kier molecular flexibility index (Phi) is 3.64. The Bertz CT molecular complexity index is 854. The van der Waals surface area contributed by atoms with Crippen molar-refractivity contribution in [3.63, 3.8) is 0 Å². The second-order valence-electron chi connectivity index (χ2n) is 4.98. The molecule has 0 amide bonds. The lowest BCUT2D eigenvalue weighted by Crippen LogP contribution is -2.03. The molecule has 6 nitrogen and oxygen atoms in total. The van der Waals surface area contributed by atoms with Crippen LogP contribution in [0, 0.1) is 5.41 Å². The minimum absolute atomic E-state index is 0.458. The van der Waals surface area contributed by atoms with Crippen molar-refractivity contribution < 1.29 is 0 Å². The maximum absolute atomic E-state index is 7.65. The van der Waals surface area contributed by atoms with Crippen LogP contribution in [-0.4, -0.2) is 15.7 Å². The van der Waals surface area contributed by atoms with Crippen LogP contribution in [0.5, 0.6) is 0 Å². The van der Waals surface area contributed by atoms with Gasteiger partial charge in [-0.05, 0) is 30.5 Å². The molecule has 0 bridgehead atoms. The van der Waals surface area contributed by atoms with Crippen LogP contribution in [0.4, 0.5) is 17.2 Å². The molecule has 3 rings (SSSR count). The molecular formula is C15H16N6S. The Hall–Kier alpha value is -2.67. The monoisotopic (exact) mass is 312 g/mol. The Morgan fingerprint density at radius 2 is 2.14 bits per heavy atom. The van der Waals surface area contributed by atoms with Gasteiger partial charge in [-0.1, -0.05) is 0 Å². The largest absolute Gasteiger partial charge is 0.398 e. The van der Waals surface area contributed by atoms with Crippen LogP contribution in [0.2, 0.25) is 0 Å². The predicted octanol–water partition coefficient (Wildman–Crippen LogP) is 2.86. The number of aromatic nitrogens is 2.